The molecule has 2 atom stereocenters. The monoisotopic (exact) mass is 547 g/mol. The molecule has 38 heavy (non-hydrogen) atoms. The fraction of sp³-hybridized carbons (Fsp3) is 0.400. The van der Waals surface area contributed by atoms with Gasteiger partial charge in [0.2, 0.25) is 15.9 Å². The number of nitrogens with two attached hydrogens (primary N) is 1. The Bertz CT molecular complexity index is 1190. The highest BCUT2D eigenvalue weighted by molar-refractivity contribution is 7.89. The Morgan fingerprint density at radius 2 is 1.82 bits per heavy atom. The van der Waals surface area contributed by atoms with Crippen LogP contribution in [0.1, 0.15) is 18.4 Å². The van der Waals surface area contributed by atoms with E-state index in [-0.39, 0.29) is 23.8 Å². The Balaban J connectivity index is 1.52. The van der Waals surface area contributed by atoms with E-state index in [9.17, 15) is 23.1 Å². The lowest BCUT2D eigenvalue weighted by molar-refractivity contribution is -0.142. The number of rotatable bonds is 14. The Kier molecular flexibility index (Phi) is 10.4. The summed E-state index contributed by atoms with van der Waals surface area (Å²) in [6.45, 7) is 1.63. The summed E-state index contributed by atoms with van der Waals surface area (Å²) in [5, 5.41) is 21.9. The molecule has 0 saturated carbocycles. The average Bonchev–Trinajstić information content (AvgIpc) is 3.40. The Labute approximate surface area is 221 Å². The normalized spacial score (nSPS) is 16.5. The number of carboxylic acid groups (broad SMARTS) is 1. The van der Waals surface area contributed by atoms with Crippen LogP contribution in [0.5, 0.6) is 5.75 Å². The molecule has 13 heteroatoms. The maximum absolute atomic E-state index is 13.1. The predicted octanol–water partition coefficient (Wildman–Crippen LogP) is 0.530. The number of carbonyl (C=O) groups excluding carboxylic acids is 1. The summed E-state index contributed by atoms with van der Waals surface area (Å²) in [7, 11) is -3.89. The van der Waals surface area contributed by atoms with E-state index in [0.717, 1.165) is 4.31 Å². The van der Waals surface area contributed by atoms with Crippen molar-refractivity contribution in [1.29, 1.82) is 5.41 Å². The van der Waals surface area contributed by atoms with Gasteiger partial charge in [0.05, 0.1) is 18.1 Å². The summed E-state index contributed by atoms with van der Waals surface area (Å²) in [5.41, 5.74) is 5.84. The maximum atomic E-state index is 13.1. The van der Waals surface area contributed by atoms with Gasteiger partial charge < -0.3 is 30.9 Å². The quantitative estimate of drug-likeness (QED) is 0.128. The fourth-order valence-electron chi connectivity index (χ4n) is 4.02. The Morgan fingerprint density at radius 3 is 2.47 bits per heavy atom. The van der Waals surface area contributed by atoms with Crippen molar-refractivity contribution in [3.05, 3.63) is 60.2 Å². The largest absolute Gasteiger partial charge is 0.491 e. The van der Waals surface area contributed by atoms with Crippen LogP contribution >= 0.6 is 0 Å². The molecule has 1 saturated heterocycles. The second-order valence-corrected chi connectivity index (χ2v) is 10.5. The molecule has 2 aromatic carbocycles. The van der Waals surface area contributed by atoms with Gasteiger partial charge in [-0.2, -0.15) is 4.31 Å². The van der Waals surface area contributed by atoms with Gasteiger partial charge in [-0.1, -0.05) is 30.3 Å². The van der Waals surface area contributed by atoms with Crippen LogP contribution in [0.15, 0.2) is 59.5 Å². The maximum Gasteiger partial charge on any atom is 0.326 e. The van der Waals surface area contributed by atoms with Crippen LogP contribution in [0, 0.1) is 5.41 Å². The number of nitrogens with one attached hydrogen (secondary N) is 3. The summed E-state index contributed by atoms with van der Waals surface area (Å²) in [4.78, 5) is 25.0. The molecule has 0 spiro atoms. The molecule has 206 valence electrons. The van der Waals surface area contributed by atoms with Crippen molar-refractivity contribution >= 4 is 27.9 Å². The first kappa shape index (κ1) is 28.9. The molecule has 2 aromatic rings. The molecule has 1 aliphatic rings. The van der Waals surface area contributed by atoms with Gasteiger partial charge in [0.25, 0.3) is 0 Å². The predicted molar refractivity (Wildman–Crippen MR) is 139 cm³/mol. The van der Waals surface area contributed by atoms with Crippen LogP contribution in [0.25, 0.3) is 0 Å². The van der Waals surface area contributed by atoms with Crippen molar-refractivity contribution in [2.75, 3.05) is 32.9 Å². The Morgan fingerprint density at radius 1 is 1.11 bits per heavy atom. The van der Waals surface area contributed by atoms with Crippen LogP contribution < -0.4 is 21.1 Å². The number of carbonyl (C=O) groups is 2. The zero-order valence-corrected chi connectivity index (χ0v) is 21.7. The summed E-state index contributed by atoms with van der Waals surface area (Å²) < 4.78 is 38.2. The van der Waals surface area contributed by atoms with E-state index < -0.39 is 34.0 Å². The number of amides is 1. The van der Waals surface area contributed by atoms with Gasteiger partial charge in [-0.25, -0.2) is 13.2 Å². The summed E-state index contributed by atoms with van der Waals surface area (Å²) in [5.74, 6) is -1.40. The van der Waals surface area contributed by atoms with E-state index in [2.05, 4.69) is 10.6 Å². The van der Waals surface area contributed by atoms with Gasteiger partial charge in [-0.3, -0.25) is 10.2 Å². The van der Waals surface area contributed by atoms with Crippen molar-refractivity contribution in [2.24, 2.45) is 5.73 Å². The number of benzene rings is 2. The lowest BCUT2D eigenvalue weighted by Gasteiger charge is -2.25. The highest BCUT2D eigenvalue weighted by atomic mass is 32.2. The number of guanidine groups is 1. The molecule has 1 fully saturated rings. The third kappa shape index (κ3) is 8.16. The molecule has 1 heterocycles. The van der Waals surface area contributed by atoms with Gasteiger partial charge in [-0.15, -0.1) is 0 Å². The zero-order valence-electron chi connectivity index (χ0n) is 20.8. The van der Waals surface area contributed by atoms with Crippen molar-refractivity contribution < 1.29 is 32.6 Å². The lowest BCUT2D eigenvalue weighted by Crippen LogP contribution is -2.51. The minimum Gasteiger partial charge on any atom is -0.491 e. The van der Waals surface area contributed by atoms with Crippen LogP contribution in [0.4, 0.5) is 0 Å². The topological polar surface area (TPSA) is 184 Å². The molecule has 1 amide bonds. The van der Waals surface area contributed by atoms with Crippen molar-refractivity contribution in [1.82, 2.24) is 14.9 Å². The first-order valence-electron chi connectivity index (χ1n) is 12.2. The molecule has 0 unspecified atom stereocenters. The number of carboxylic acids is 1. The van der Waals surface area contributed by atoms with Crippen LogP contribution in [-0.2, 0) is 30.8 Å². The zero-order chi connectivity index (χ0) is 27.5. The number of aliphatic carboxylic acids is 1. The van der Waals surface area contributed by atoms with Gasteiger partial charge in [0.15, 0.2) is 5.96 Å². The van der Waals surface area contributed by atoms with E-state index in [0.29, 0.717) is 50.5 Å². The van der Waals surface area contributed by atoms with Crippen molar-refractivity contribution in [3.63, 3.8) is 0 Å². The van der Waals surface area contributed by atoms with Crippen LogP contribution in [0.2, 0.25) is 0 Å². The van der Waals surface area contributed by atoms with Crippen LogP contribution in [-0.4, -0.2) is 80.7 Å². The molecule has 1 aliphatic heterocycles. The third-order valence-electron chi connectivity index (χ3n) is 5.89. The molecule has 6 N–H and O–H groups in total. The molecule has 3 rings (SSSR count). The highest BCUT2D eigenvalue weighted by Crippen LogP contribution is 2.26. The molecular weight excluding hydrogens is 514 g/mol. The first-order valence-corrected chi connectivity index (χ1v) is 13.6. The summed E-state index contributed by atoms with van der Waals surface area (Å²) in [6.07, 6.45) is 0.836. The van der Waals surface area contributed by atoms with Gasteiger partial charge >= 0.3 is 5.97 Å². The van der Waals surface area contributed by atoms with Crippen molar-refractivity contribution in [2.45, 2.75) is 36.2 Å². The molecule has 0 radical (unpaired) electrons. The molecule has 0 aromatic heterocycles. The lowest BCUT2D eigenvalue weighted by atomic mass is 10.1. The number of hydrogen-bond acceptors (Lipinski definition) is 7. The van der Waals surface area contributed by atoms with Gasteiger partial charge in [-0.05, 0) is 42.7 Å². The molecule has 0 aliphatic carbocycles. The average molecular weight is 548 g/mol. The van der Waals surface area contributed by atoms with Gasteiger partial charge in [0, 0.05) is 19.5 Å². The molecule has 0 bridgehead atoms. The van der Waals surface area contributed by atoms with E-state index in [4.69, 9.17) is 20.6 Å². The summed E-state index contributed by atoms with van der Waals surface area (Å²) >= 11 is 0. The van der Waals surface area contributed by atoms with Crippen LogP contribution in [0.3, 0.4) is 0 Å². The number of ether oxygens (including phenoxy) is 2. The highest BCUT2D eigenvalue weighted by Gasteiger charge is 2.40. The minimum atomic E-state index is -3.89. The fourth-order valence-corrected chi connectivity index (χ4v) is 5.70. The molecular formula is C25H33N5O7S. The number of hydrogen-bond donors (Lipinski definition) is 5. The second-order valence-electron chi connectivity index (χ2n) is 8.64. The second kappa shape index (κ2) is 13.7. The number of sulfonamides is 1. The summed E-state index contributed by atoms with van der Waals surface area (Å²) in [6, 6.07) is 12.5. The SMILES string of the molecule is N=C(N)NCCOCCOc1ccc(C[C@H](NC(=O)[C@@H]2CCCN2S(=O)(=O)c2ccccc2)C(=O)O)cc1. The van der Waals surface area contributed by atoms with E-state index in [1.54, 1.807) is 42.5 Å². The molecule has 12 nitrogen and oxygen atoms in total. The minimum absolute atomic E-state index is 0.0196. The smallest absolute Gasteiger partial charge is 0.326 e. The van der Waals surface area contributed by atoms with Crippen molar-refractivity contribution in [3.8, 4) is 5.75 Å². The number of nitrogens with zero attached hydrogens (tertiary/aromatic N) is 1. The Hall–Kier alpha value is -3.68. The first-order chi connectivity index (χ1) is 18.2. The van der Waals surface area contributed by atoms with E-state index in [1.165, 1.54) is 12.1 Å². The van der Waals surface area contributed by atoms with Gasteiger partial charge in [0.1, 0.15) is 24.4 Å². The standard InChI is InChI=1S/C25H33N5O7S/c26-25(27)28-12-14-36-15-16-37-19-10-8-18(9-11-19)17-21(24(32)33)29-23(31)22-7-4-13-30(22)38(34,35)20-5-2-1-3-6-20/h1-3,5-6,8-11,21-22H,4,7,12-17H2,(H,29,31)(H,32,33)(H4,26,27,28)/t21-,22-/m0/s1. The third-order valence-corrected chi connectivity index (χ3v) is 7.81. The van der Waals surface area contributed by atoms with E-state index in [1.807, 2.05) is 0 Å². The van der Waals surface area contributed by atoms with E-state index >= 15 is 0 Å².